The first-order valence-electron chi connectivity index (χ1n) is 4.27. The summed E-state index contributed by atoms with van der Waals surface area (Å²) < 4.78 is 25.6. The molecule has 1 aromatic rings. The molecule has 0 spiro atoms. The molecule has 8 heteroatoms. The lowest BCUT2D eigenvalue weighted by Gasteiger charge is -2.14. The van der Waals surface area contributed by atoms with Crippen molar-refractivity contribution in [3.05, 3.63) is 15.9 Å². The van der Waals surface area contributed by atoms with E-state index in [0.717, 1.165) is 15.6 Å². The van der Waals surface area contributed by atoms with E-state index in [1.807, 2.05) is 0 Å². The second kappa shape index (κ2) is 5.26. The van der Waals surface area contributed by atoms with Gasteiger partial charge in [-0.15, -0.1) is 11.3 Å². The average Bonchev–Trinajstić information content (AvgIpc) is 2.61. The van der Waals surface area contributed by atoms with Crippen LogP contribution in [0.4, 0.5) is 0 Å². The summed E-state index contributed by atoms with van der Waals surface area (Å²) in [6, 6.07) is 1.64. The van der Waals surface area contributed by atoms with Crippen LogP contribution >= 0.6 is 27.3 Å². The van der Waals surface area contributed by atoms with Gasteiger partial charge in [-0.3, -0.25) is 4.79 Å². The van der Waals surface area contributed by atoms with Crippen molar-refractivity contribution in [3.63, 3.8) is 0 Å². The monoisotopic (exact) mass is 327 g/mol. The summed E-state index contributed by atoms with van der Waals surface area (Å²) >= 11 is 4.23. The number of carboxylic acid groups (broad SMARTS) is 1. The minimum atomic E-state index is -3.58. The molecule has 0 aromatic carbocycles. The largest absolute Gasteiger partial charge is 0.481 e. The number of rotatable bonds is 5. The summed E-state index contributed by atoms with van der Waals surface area (Å²) in [5.41, 5.74) is 0. The lowest BCUT2D eigenvalue weighted by Crippen LogP contribution is -2.28. The first kappa shape index (κ1) is 13.6. The quantitative estimate of drug-likeness (QED) is 0.891. The SMILES string of the molecule is CN(CCC(=O)O)S(=O)(=O)c1sccc1Br. The molecular formula is C8H10BrNO4S2. The van der Waals surface area contributed by atoms with Crippen LogP contribution in [-0.2, 0) is 14.8 Å². The van der Waals surface area contributed by atoms with Gasteiger partial charge in [0.15, 0.2) is 0 Å². The van der Waals surface area contributed by atoms with Crippen LogP contribution < -0.4 is 0 Å². The summed E-state index contributed by atoms with van der Waals surface area (Å²) in [7, 11) is -2.21. The maximum absolute atomic E-state index is 11.9. The standard InChI is InChI=1S/C8H10BrNO4S2/c1-10(4-2-7(11)12)16(13,14)8-6(9)3-5-15-8/h3,5H,2,4H2,1H3,(H,11,12). The van der Waals surface area contributed by atoms with Gasteiger partial charge in [0.1, 0.15) is 4.21 Å². The Morgan fingerprint density at radius 2 is 2.25 bits per heavy atom. The molecule has 16 heavy (non-hydrogen) atoms. The zero-order valence-corrected chi connectivity index (χ0v) is 11.6. The van der Waals surface area contributed by atoms with Crippen molar-refractivity contribution in [1.82, 2.24) is 4.31 Å². The maximum atomic E-state index is 11.9. The first-order chi connectivity index (χ1) is 7.35. The number of hydrogen-bond donors (Lipinski definition) is 1. The molecule has 0 aliphatic heterocycles. The predicted molar refractivity (Wildman–Crippen MR) is 64.1 cm³/mol. The molecule has 0 saturated carbocycles. The number of aliphatic carboxylic acids is 1. The third-order valence-corrected chi connectivity index (χ3v) is 6.37. The van der Waals surface area contributed by atoms with Crippen molar-refractivity contribution in [1.29, 1.82) is 0 Å². The summed E-state index contributed by atoms with van der Waals surface area (Å²) in [6.07, 6.45) is -0.210. The second-order valence-corrected chi connectivity index (χ2v) is 7.04. The Morgan fingerprint density at radius 3 is 2.69 bits per heavy atom. The smallest absolute Gasteiger partial charge is 0.304 e. The molecule has 0 saturated heterocycles. The van der Waals surface area contributed by atoms with E-state index in [1.54, 1.807) is 11.4 Å². The molecule has 1 heterocycles. The van der Waals surface area contributed by atoms with Crippen LogP contribution in [0.3, 0.4) is 0 Å². The van der Waals surface area contributed by atoms with Crippen LogP contribution in [0.15, 0.2) is 20.1 Å². The first-order valence-corrected chi connectivity index (χ1v) is 7.38. The number of nitrogens with zero attached hydrogens (tertiary/aromatic N) is 1. The van der Waals surface area contributed by atoms with Crippen molar-refractivity contribution in [2.24, 2.45) is 0 Å². The number of sulfonamides is 1. The molecule has 90 valence electrons. The Kier molecular flexibility index (Phi) is 4.48. The molecule has 0 bridgehead atoms. The number of carbonyl (C=O) groups is 1. The molecular weight excluding hydrogens is 318 g/mol. The second-order valence-electron chi connectivity index (χ2n) is 3.03. The molecule has 1 rings (SSSR count). The molecule has 0 radical (unpaired) electrons. The highest BCUT2D eigenvalue weighted by molar-refractivity contribution is 9.10. The van der Waals surface area contributed by atoms with Crippen LogP contribution in [0.2, 0.25) is 0 Å². The van der Waals surface area contributed by atoms with Gasteiger partial charge in [-0.1, -0.05) is 0 Å². The summed E-state index contributed by atoms with van der Waals surface area (Å²) in [6.45, 7) is -0.0397. The molecule has 0 amide bonds. The number of thiophene rings is 1. The highest BCUT2D eigenvalue weighted by Gasteiger charge is 2.24. The van der Waals surface area contributed by atoms with E-state index in [2.05, 4.69) is 15.9 Å². The van der Waals surface area contributed by atoms with Gasteiger partial charge < -0.3 is 5.11 Å². The Hall–Kier alpha value is -0.440. The molecule has 1 N–H and O–H groups in total. The van der Waals surface area contributed by atoms with Crippen molar-refractivity contribution in [3.8, 4) is 0 Å². The van der Waals surface area contributed by atoms with E-state index in [4.69, 9.17) is 5.11 Å². The van der Waals surface area contributed by atoms with Gasteiger partial charge in [0.05, 0.1) is 6.42 Å². The minimum absolute atomic E-state index is 0.0397. The number of hydrogen-bond acceptors (Lipinski definition) is 4. The maximum Gasteiger partial charge on any atom is 0.304 e. The fourth-order valence-corrected chi connectivity index (χ4v) is 4.65. The van der Waals surface area contributed by atoms with E-state index in [-0.39, 0.29) is 17.2 Å². The van der Waals surface area contributed by atoms with Crippen molar-refractivity contribution < 1.29 is 18.3 Å². The Balaban J connectivity index is 2.86. The lowest BCUT2D eigenvalue weighted by atomic mass is 10.4. The normalized spacial score (nSPS) is 11.9. The highest BCUT2D eigenvalue weighted by atomic mass is 79.9. The van der Waals surface area contributed by atoms with Gasteiger partial charge in [-0.05, 0) is 27.4 Å². The lowest BCUT2D eigenvalue weighted by molar-refractivity contribution is -0.137. The molecule has 0 unspecified atom stereocenters. The topological polar surface area (TPSA) is 74.7 Å². The fraction of sp³-hybridized carbons (Fsp3) is 0.375. The van der Waals surface area contributed by atoms with E-state index in [9.17, 15) is 13.2 Å². The minimum Gasteiger partial charge on any atom is -0.481 e. The Morgan fingerprint density at radius 1 is 1.62 bits per heavy atom. The van der Waals surface area contributed by atoms with Crippen LogP contribution in [0, 0.1) is 0 Å². The Bertz CT molecular complexity index is 482. The van der Waals surface area contributed by atoms with Crippen LogP contribution in [-0.4, -0.2) is 37.4 Å². The summed E-state index contributed by atoms with van der Waals surface area (Å²) in [5, 5.41) is 10.1. The summed E-state index contributed by atoms with van der Waals surface area (Å²) in [5.74, 6) is -1.02. The molecule has 0 fully saturated rings. The molecule has 0 aliphatic carbocycles. The van der Waals surface area contributed by atoms with Crippen molar-refractivity contribution >= 4 is 43.3 Å². The summed E-state index contributed by atoms with van der Waals surface area (Å²) in [4.78, 5) is 10.4. The van der Waals surface area contributed by atoms with Gasteiger partial charge >= 0.3 is 5.97 Å². The molecule has 0 aliphatic rings. The van der Waals surface area contributed by atoms with Crippen LogP contribution in [0.5, 0.6) is 0 Å². The van der Waals surface area contributed by atoms with Crippen molar-refractivity contribution in [2.45, 2.75) is 10.6 Å². The van der Waals surface area contributed by atoms with Gasteiger partial charge in [0.2, 0.25) is 0 Å². The third-order valence-electron chi connectivity index (χ3n) is 1.87. The van der Waals surface area contributed by atoms with E-state index < -0.39 is 16.0 Å². The van der Waals surface area contributed by atoms with E-state index in [0.29, 0.717) is 4.47 Å². The predicted octanol–water partition coefficient (Wildman–Crippen LogP) is 1.61. The highest BCUT2D eigenvalue weighted by Crippen LogP contribution is 2.29. The number of carboxylic acids is 1. The zero-order valence-electron chi connectivity index (χ0n) is 8.38. The van der Waals surface area contributed by atoms with E-state index >= 15 is 0 Å². The zero-order chi connectivity index (χ0) is 12.3. The van der Waals surface area contributed by atoms with Gasteiger partial charge in [0, 0.05) is 18.1 Å². The van der Waals surface area contributed by atoms with E-state index in [1.165, 1.54) is 7.05 Å². The molecule has 1 aromatic heterocycles. The van der Waals surface area contributed by atoms with Crippen LogP contribution in [0.1, 0.15) is 6.42 Å². The fourth-order valence-electron chi connectivity index (χ4n) is 0.979. The van der Waals surface area contributed by atoms with Gasteiger partial charge in [-0.2, -0.15) is 4.31 Å². The Labute approximate surface area is 106 Å². The molecule has 5 nitrogen and oxygen atoms in total. The number of halogens is 1. The average molecular weight is 328 g/mol. The van der Waals surface area contributed by atoms with Gasteiger partial charge in [0.25, 0.3) is 10.0 Å². The van der Waals surface area contributed by atoms with Crippen molar-refractivity contribution in [2.75, 3.05) is 13.6 Å². The van der Waals surface area contributed by atoms with Gasteiger partial charge in [-0.25, -0.2) is 8.42 Å². The third kappa shape index (κ3) is 3.03. The van der Waals surface area contributed by atoms with Crippen LogP contribution in [0.25, 0.3) is 0 Å². The molecule has 0 atom stereocenters.